The number of nitrogens with zero attached hydrogens (tertiary/aromatic N) is 1. The minimum Gasteiger partial charge on any atom is -0.504 e. The number of hydrogen-bond acceptors (Lipinski definition) is 5. The Morgan fingerprint density at radius 1 is 1.48 bits per heavy atom. The molecule has 0 spiro atoms. The third-order valence-corrected chi connectivity index (χ3v) is 4.10. The van der Waals surface area contributed by atoms with Gasteiger partial charge in [0.25, 0.3) is 0 Å². The number of likely N-dealkylation sites (N-methyl/N-ethyl adjacent to an activating group) is 1. The zero-order chi connectivity index (χ0) is 16.1. The number of aromatic hydroxyl groups is 1. The molecule has 1 unspecified atom stereocenters. The molecule has 1 aromatic rings. The number of nitrogens with two attached hydrogens (primary N) is 1. The molecule has 7 heteroatoms. The third-order valence-electron chi connectivity index (χ3n) is 4.10. The molecule has 6 nitrogen and oxygen atoms in total. The predicted molar refractivity (Wildman–Crippen MR) is 89.9 cm³/mol. The molecule has 0 aromatic heterocycles. The molecule has 1 aromatic carbocycles. The SMILES string of the molecule is COc1cc(CN(C)C(=O)C(N)C2CCOCC2)ccc1O.Cl. The molecule has 1 aliphatic heterocycles. The van der Waals surface area contributed by atoms with Crippen molar-refractivity contribution < 1.29 is 19.4 Å². The van der Waals surface area contributed by atoms with Gasteiger partial charge in [0.2, 0.25) is 5.91 Å². The number of hydrogen-bond donors (Lipinski definition) is 2. The van der Waals surface area contributed by atoms with Crippen molar-refractivity contribution in [3.05, 3.63) is 23.8 Å². The Hall–Kier alpha value is -1.50. The van der Waals surface area contributed by atoms with Gasteiger partial charge in [-0.3, -0.25) is 4.79 Å². The molecule has 1 aliphatic rings. The summed E-state index contributed by atoms with van der Waals surface area (Å²) in [5.41, 5.74) is 6.99. The minimum atomic E-state index is -0.493. The van der Waals surface area contributed by atoms with E-state index in [2.05, 4.69) is 0 Å². The van der Waals surface area contributed by atoms with Gasteiger partial charge in [-0.1, -0.05) is 6.07 Å². The second-order valence-electron chi connectivity index (χ2n) is 5.68. The average molecular weight is 345 g/mol. The first-order valence-corrected chi connectivity index (χ1v) is 7.47. The van der Waals surface area contributed by atoms with Gasteiger partial charge in [0.05, 0.1) is 13.2 Å². The highest BCUT2D eigenvalue weighted by Crippen LogP contribution is 2.27. The Bertz CT molecular complexity index is 521. The van der Waals surface area contributed by atoms with Gasteiger partial charge in [0, 0.05) is 26.8 Å². The lowest BCUT2D eigenvalue weighted by molar-refractivity contribution is -0.133. The van der Waals surface area contributed by atoms with Crippen LogP contribution in [-0.2, 0) is 16.1 Å². The number of rotatable bonds is 5. The summed E-state index contributed by atoms with van der Waals surface area (Å²) >= 11 is 0. The summed E-state index contributed by atoms with van der Waals surface area (Å²) in [5.74, 6) is 0.586. The van der Waals surface area contributed by atoms with Crippen LogP contribution in [0.3, 0.4) is 0 Å². The zero-order valence-electron chi connectivity index (χ0n) is 13.5. The summed E-state index contributed by atoms with van der Waals surface area (Å²) in [5, 5.41) is 9.60. The van der Waals surface area contributed by atoms with Crippen LogP contribution in [0.5, 0.6) is 11.5 Å². The average Bonchev–Trinajstić information content (AvgIpc) is 2.55. The number of ether oxygens (including phenoxy) is 2. The normalized spacial score (nSPS) is 16.3. The number of phenolic OH excluding ortho intramolecular Hbond substituents is 1. The molecule has 3 N–H and O–H groups in total. The quantitative estimate of drug-likeness (QED) is 0.846. The molecule has 1 amide bonds. The summed E-state index contributed by atoms with van der Waals surface area (Å²) in [7, 11) is 3.23. The minimum absolute atomic E-state index is 0. The van der Waals surface area contributed by atoms with E-state index < -0.39 is 6.04 Å². The monoisotopic (exact) mass is 344 g/mol. The number of phenols is 1. The summed E-state index contributed by atoms with van der Waals surface area (Å²) in [6.07, 6.45) is 1.65. The van der Waals surface area contributed by atoms with E-state index in [1.54, 1.807) is 30.1 Å². The van der Waals surface area contributed by atoms with Crippen LogP contribution in [0, 0.1) is 5.92 Å². The highest BCUT2D eigenvalue weighted by molar-refractivity contribution is 5.85. The maximum absolute atomic E-state index is 12.4. The molecular weight excluding hydrogens is 320 g/mol. The Labute approximate surface area is 143 Å². The van der Waals surface area contributed by atoms with E-state index >= 15 is 0 Å². The number of methoxy groups -OCH3 is 1. The van der Waals surface area contributed by atoms with Crippen LogP contribution in [0.15, 0.2) is 18.2 Å². The van der Waals surface area contributed by atoms with Gasteiger partial charge in [-0.2, -0.15) is 0 Å². The van der Waals surface area contributed by atoms with Crippen LogP contribution in [0.25, 0.3) is 0 Å². The Morgan fingerprint density at radius 3 is 2.74 bits per heavy atom. The van der Waals surface area contributed by atoms with Crippen molar-refractivity contribution in [1.29, 1.82) is 0 Å². The Morgan fingerprint density at radius 2 is 2.13 bits per heavy atom. The summed E-state index contributed by atoms with van der Waals surface area (Å²) in [4.78, 5) is 14.1. The van der Waals surface area contributed by atoms with Crippen molar-refractivity contribution in [2.45, 2.75) is 25.4 Å². The van der Waals surface area contributed by atoms with Crippen molar-refractivity contribution in [2.75, 3.05) is 27.4 Å². The van der Waals surface area contributed by atoms with Crippen molar-refractivity contribution in [3.63, 3.8) is 0 Å². The van der Waals surface area contributed by atoms with E-state index in [9.17, 15) is 9.90 Å². The number of amides is 1. The van der Waals surface area contributed by atoms with Gasteiger partial charge in [0.1, 0.15) is 0 Å². The van der Waals surface area contributed by atoms with E-state index in [1.807, 2.05) is 0 Å². The molecule has 0 saturated carbocycles. The topological polar surface area (TPSA) is 85.0 Å². The first kappa shape index (κ1) is 19.5. The van der Waals surface area contributed by atoms with Gasteiger partial charge in [0.15, 0.2) is 11.5 Å². The Kier molecular flexibility index (Phi) is 7.61. The first-order chi connectivity index (χ1) is 10.5. The van der Waals surface area contributed by atoms with Crippen molar-refractivity contribution in [2.24, 2.45) is 11.7 Å². The maximum atomic E-state index is 12.4. The molecule has 1 heterocycles. The summed E-state index contributed by atoms with van der Waals surface area (Å²) < 4.78 is 10.4. The maximum Gasteiger partial charge on any atom is 0.239 e. The third kappa shape index (κ3) is 4.99. The molecule has 0 bridgehead atoms. The van der Waals surface area contributed by atoms with Gasteiger partial charge < -0.3 is 25.2 Å². The lowest BCUT2D eigenvalue weighted by Gasteiger charge is -2.30. The van der Waals surface area contributed by atoms with Crippen molar-refractivity contribution >= 4 is 18.3 Å². The van der Waals surface area contributed by atoms with Crippen LogP contribution in [-0.4, -0.2) is 49.3 Å². The lowest BCUT2D eigenvalue weighted by Crippen LogP contribution is -2.47. The zero-order valence-corrected chi connectivity index (χ0v) is 14.3. The molecule has 130 valence electrons. The van der Waals surface area contributed by atoms with Crippen LogP contribution < -0.4 is 10.5 Å². The van der Waals surface area contributed by atoms with Gasteiger partial charge >= 0.3 is 0 Å². The van der Waals surface area contributed by atoms with Gasteiger partial charge in [-0.05, 0) is 36.5 Å². The fourth-order valence-electron chi connectivity index (χ4n) is 2.70. The molecule has 1 fully saturated rings. The van der Waals surface area contributed by atoms with E-state index in [0.29, 0.717) is 25.5 Å². The van der Waals surface area contributed by atoms with Crippen LogP contribution in [0.1, 0.15) is 18.4 Å². The van der Waals surface area contributed by atoms with Gasteiger partial charge in [-0.15, -0.1) is 12.4 Å². The number of benzene rings is 1. The molecule has 1 atom stereocenters. The second kappa shape index (κ2) is 8.96. The van der Waals surface area contributed by atoms with Crippen molar-refractivity contribution in [3.8, 4) is 11.5 Å². The lowest BCUT2D eigenvalue weighted by atomic mass is 9.91. The fourth-order valence-corrected chi connectivity index (χ4v) is 2.70. The van der Waals surface area contributed by atoms with E-state index in [4.69, 9.17) is 15.2 Å². The fraction of sp³-hybridized carbons (Fsp3) is 0.562. The number of carbonyl (C=O) groups excluding carboxylic acids is 1. The summed E-state index contributed by atoms with van der Waals surface area (Å²) in [6.45, 7) is 1.77. The molecule has 0 radical (unpaired) electrons. The standard InChI is InChI=1S/C16H24N2O4.ClH/c1-18(10-11-3-4-13(19)14(9-11)21-2)16(20)15(17)12-5-7-22-8-6-12;/h3-4,9,12,15,19H,5-8,10,17H2,1-2H3;1H. The van der Waals surface area contributed by atoms with E-state index in [1.165, 1.54) is 7.11 Å². The largest absolute Gasteiger partial charge is 0.504 e. The molecular formula is C16H25ClN2O4. The smallest absolute Gasteiger partial charge is 0.239 e. The molecule has 23 heavy (non-hydrogen) atoms. The van der Waals surface area contributed by atoms with Crippen molar-refractivity contribution in [1.82, 2.24) is 4.90 Å². The first-order valence-electron chi connectivity index (χ1n) is 7.47. The van der Waals surface area contributed by atoms with E-state index in [-0.39, 0.29) is 30.0 Å². The van der Waals surface area contributed by atoms with Crippen LogP contribution >= 0.6 is 12.4 Å². The van der Waals surface area contributed by atoms with Crippen LogP contribution in [0.2, 0.25) is 0 Å². The predicted octanol–water partition coefficient (Wildman–Crippen LogP) is 1.53. The molecule has 0 aliphatic carbocycles. The highest BCUT2D eigenvalue weighted by atomic mass is 35.5. The Balaban J connectivity index is 0.00000264. The second-order valence-corrected chi connectivity index (χ2v) is 5.68. The molecule has 2 rings (SSSR count). The highest BCUT2D eigenvalue weighted by Gasteiger charge is 2.28. The van der Waals surface area contributed by atoms with Crippen LogP contribution in [0.4, 0.5) is 0 Å². The number of halogens is 1. The van der Waals surface area contributed by atoms with Gasteiger partial charge in [-0.25, -0.2) is 0 Å². The summed E-state index contributed by atoms with van der Waals surface area (Å²) in [6, 6.07) is 4.55. The molecule has 1 saturated heterocycles. The number of carbonyl (C=O) groups is 1. The van der Waals surface area contributed by atoms with E-state index in [0.717, 1.165) is 18.4 Å².